The Bertz CT molecular complexity index is 1380. The number of benzene rings is 2. The molecule has 0 fully saturated rings. The van der Waals surface area contributed by atoms with E-state index in [1.165, 1.54) is 49.4 Å². The lowest BCUT2D eigenvalue weighted by atomic mass is 10.1. The monoisotopic (exact) mass is 471 g/mol. The Kier molecular flexibility index (Phi) is 7.06. The topological polar surface area (TPSA) is 106 Å². The van der Waals surface area contributed by atoms with E-state index in [2.05, 4.69) is 32.5 Å². The summed E-state index contributed by atoms with van der Waals surface area (Å²) in [6.45, 7) is 2.08. The lowest BCUT2D eigenvalue weighted by Gasteiger charge is -2.10. The van der Waals surface area contributed by atoms with Crippen molar-refractivity contribution in [1.29, 1.82) is 0 Å². The van der Waals surface area contributed by atoms with E-state index < -0.39 is 11.7 Å². The first-order chi connectivity index (χ1) is 17.0. The van der Waals surface area contributed by atoms with Crippen LogP contribution in [0, 0.1) is 5.82 Å². The summed E-state index contributed by atoms with van der Waals surface area (Å²) in [5.41, 5.74) is 3.19. The molecule has 2 aromatic carbocycles. The summed E-state index contributed by atoms with van der Waals surface area (Å²) >= 11 is 0. The van der Waals surface area contributed by atoms with E-state index in [0.717, 1.165) is 18.1 Å². The quantitative estimate of drug-likeness (QED) is 0.407. The van der Waals surface area contributed by atoms with Crippen molar-refractivity contribution in [3.63, 3.8) is 0 Å². The number of aryl methyl sites for hydroxylation is 1. The van der Waals surface area contributed by atoms with Gasteiger partial charge in [0.05, 0.1) is 5.69 Å². The summed E-state index contributed by atoms with van der Waals surface area (Å²) in [5, 5.41) is 5.09. The SMILES string of the molecule is CCc1ccc(-c2cc(C(=O)Nc3ccc(Oc4ccnc(C(=O)NC)c4)c(F)c3)ncn2)cc1. The molecular formula is C26H22FN5O3. The number of aromatic nitrogens is 3. The van der Waals surface area contributed by atoms with E-state index in [4.69, 9.17) is 4.74 Å². The fourth-order valence-electron chi connectivity index (χ4n) is 3.26. The highest BCUT2D eigenvalue weighted by Crippen LogP contribution is 2.27. The smallest absolute Gasteiger partial charge is 0.274 e. The number of anilines is 1. The van der Waals surface area contributed by atoms with Gasteiger partial charge in [0.2, 0.25) is 0 Å². The van der Waals surface area contributed by atoms with Crippen LogP contribution in [0.25, 0.3) is 11.3 Å². The number of hydrogen-bond acceptors (Lipinski definition) is 6. The van der Waals surface area contributed by atoms with Crippen molar-refractivity contribution < 1.29 is 18.7 Å². The summed E-state index contributed by atoms with van der Waals surface area (Å²) < 4.78 is 20.2. The Hall–Kier alpha value is -4.66. The predicted molar refractivity (Wildman–Crippen MR) is 129 cm³/mol. The van der Waals surface area contributed by atoms with Crippen molar-refractivity contribution in [2.24, 2.45) is 0 Å². The zero-order chi connectivity index (χ0) is 24.8. The molecule has 0 aliphatic rings. The zero-order valence-electron chi connectivity index (χ0n) is 19.1. The lowest BCUT2D eigenvalue weighted by Crippen LogP contribution is -2.18. The van der Waals surface area contributed by atoms with Crippen LogP contribution in [0.15, 0.2) is 73.2 Å². The lowest BCUT2D eigenvalue weighted by molar-refractivity contribution is 0.0957. The molecule has 2 N–H and O–H groups in total. The van der Waals surface area contributed by atoms with Crippen molar-refractivity contribution in [1.82, 2.24) is 20.3 Å². The predicted octanol–water partition coefficient (Wildman–Crippen LogP) is 4.64. The Balaban J connectivity index is 1.47. The third-order valence-electron chi connectivity index (χ3n) is 5.17. The van der Waals surface area contributed by atoms with Gasteiger partial charge in [0, 0.05) is 36.6 Å². The Morgan fingerprint density at radius 2 is 1.69 bits per heavy atom. The number of rotatable bonds is 7. The minimum Gasteiger partial charge on any atom is -0.454 e. The third kappa shape index (κ3) is 5.64. The van der Waals surface area contributed by atoms with E-state index in [9.17, 15) is 14.0 Å². The molecule has 0 spiro atoms. The van der Waals surface area contributed by atoms with Gasteiger partial charge >= 0.3 is 0 Å². The Morgan fingerprint density at radius 1 is 0.914 bits per heavy atom. The second-order valence-corrected chi connectivity index (χ2v) is 7.50. The maximum absolute atomic E-state index is 14.7. The second-order valence-electron chi connectivity index (χ2n) is 7.50. The fraction of sp³-hybridized carbons (Fsp3) is 0.115. The number of nitrogens with zero attached hydrogens (tertiary/aromatic N) is 3. The van der Waals surface area contributed by atoms with Crippen LogP contribution in [-0.2, 0) is 6.42 Å². The van der Waals surface area contributed by atoms with Crippen molar-refractivity contribution >= 4 is 17.5 Å². The van der Waals surface area contributed by atoms with Crippen LogP contribution < -0.4 is 15.4 Å². The number of nitrogens with one attached hydrogen (secondary N) is 2. The molecule has 2 heterocycles. The summed E-state index contributed by atoms with van der Waals surface area (Å²) in [5.74, 6) is -1.41. The first-order valence-corrected chi connectivity index (χ1v) is 10.8. The van der Waals surface area contributed by atoms with Gasteiger partial charge in [-0.15, -0.1) is 0 Å². The first kappa shape index (κ1) is 23.5. The Morgan fingerprint density at radius 3 is 2.40 bits per heavy atom. The van der Waals surface area contributed by atoms with Gasteiger partial charge in [-0.05, 0) is 36.2 Å². The van der Waals surface area contributed by atoms with Crippen molar-refractivity contribution in [3.05, 3.63) is 96.0 Å². The molecule has 8 nitrogen and oxygen atoms in total. The fourth-order valence-corrected chi connectivity index (χ4v) is 3.26. The minimum atomic E-state index is -0.694. The highest BCUT2D eigenvalue weighted by atomic mass is 19.1. The van der Waals surface area contributed by atoms with Crippen LogP contribution in [0.5, 0.6) is 11.5 Å². The van der Waals surface area contributed by atoms with E-state index in [0.29, 0.717) is 5.69 Å². The molecule has 0 unspecified atom stereocenters. The molecule has 0 saturated heterocycles. The second kappa shape index (κ2) is 10.5. The molecule has 4 aromatic rings. The molecule has 0 atom stereocenters. The first-order valence-electron chi connectivity index (χ1n) is 10.8. The van der Waals surface area contributed by atoms with Gasteiger partial charge in [-0.3, -0.25) is 14.6 Å². The molecule has 176 valence electrons. The number of ether oxygens (including phenoxy) is 1. The molecule has 0 saturated carbocycles. The van der Waals surface area contributed by atoms with Crippen molar-refractivity contribution in [2.75, 3.05) is 12.4 Å². The van der Waals surface area contributed by atoms with Gasteiger partial charge in [0.25, 0.3) is 11.8 Å². The third-order valence-corrected chi connectivity index (χ3v) is 5.17. The molecule has 2 aromatic heterocycles. The number of halogens is 1. The molecule has 0 bridgehead atoms. The molecular weight excluding hydrogens is 449 g/mol. The number of amides is 2. The summed E-state index contributed by atoms with van der Waals surface area (Å²) in [6, 6.07) is 16.4. The van der Waals surface area contributed by atoms with E-state index in [1.807, 2.05) is 24.3 Å². The summed E-state index contributed by atoms with van der Waals surface area (Å²) in [4.78, 5) is 36.7. The molecule has 35 heavy (non-hydrogen) atoms. The van der Waals surface area contributed by atoms with Gasteiger partial charge in [0.15, 0.2) is 11.6 Å². The van der Waals surface area contributed by atoms with Crippen LogP contribution in [0.4, 0.5) is 10.1 Å². The standard InChI is InChI=1S/C26H22FN5O3/c1-3-16-4-6-17(7-5-16)21-14-23(31-15-30-21)26(34)32-18-8-9-24(20(27)12-18)35-19-10-11-29-22(13-19)25(33)28-2/h4-15H,3H2,1-2H3,(H,28,33)(H,32,34). The number of carbonyl (C=O) groups is 2. The maximum atomic E-state index is 14.7. The summed E-state index contributed by atoms with van der Waals surface area (Å²) in [6.07, 6.45) is 3.63. The van der Waals surface area contributed by atoms with E-state index in [-0.39, 0.29) is 34.5 Å². The average Bonchev–Trinajstić information content (AvgIpc) is 2.90. The van der Waals surface area contributed by atoms with Gasteiger partial charge in [-0.1, -0.05) is 31.2 Å². The zero-order valence-corrected chi connectivity index (χ0v) is 19.1. The van der Waals surface area contributed by atoms with Crippen LogP contribution in [0.1, 0.15) is 33.5 Å². The van der Waals surface area contributed by atoms with Gasteiger partial charge in [-0.25, -0.2) is 14.4 Å². The highest BCUT2D eigenvalue weighted by Gasteiger charge is 2.13. The maximum Gasteiger partial charge on any atom is 0.274 e. The van der Waals surface area contributed by atoms with E-state index in [1.54, 1.807) is 6.07 Å². The number of pyridine rings is 1. The molecule has 0 radical (unpaired) electrons. The number of carbonyl (C=O) groups excluding carboxylic acids is 2. The molecule has 2 amide bonds. The molecule has 9 heteroatoms. The van der Waals surface area contributed by atoms with Gasteiger partial charge in [0.1, 0.15) is 23.5 Å². The molecule has 0 aliphatic carbocycles. The van der Waals surface area contributed by atoms with Crippen molar-refractivity contribution in [2.45, 2.75) is 13.3 Å². The minimum absolute atomic E-state index is 0.0723. The van der Waals surface area contributed by atoms with Crippen LogP contribution in [-0.4, -0.2) is 33.8 Å². The molecule has 4 rings (SSSR count). The van der Waals surface area contributed by atoms with Crippen LogP contribution in [0.3, 0.4) is 0 Å². The highest BCUT2D eigenvalue weighted by molar-refractivity contribution is 6.03. The largest absolute Gasteiger partial charge is 0.454 e. The van der Waals surface area contributed by atoms with Gasteiger partial charge < -0.3 is 15.4 Å². The van der Waals surface area contributed by atoms with Crippen LogP contribution in [0.2, 0.25) is 0 Å². The Labute approximate surface area is 201 Å². The van der Waals surface area contributed by atoms with Crippen molar-refractivity contribution in [3.8, 4) is 22.8 Å². The average molecular weight is 471 g/mol. The summed E-state index contributed by atoms with van der Waals surface area (Å²) in [7, 11) is 1.48. The molecule has 0 aliphatic heterocycles. The van der Waals surface area contributed by atoms with Crippen LogP contribution >= 0.6 is 0 Å². The van der Waals surface area contributed by atoms with E-state index >= 15 is 0 Å². The number of hydrogen-bond donors (Lipinski definition) is 2. The van der Waals surface area contributed by atoms with Gasteiger partial charge in [-0.2, -0.15) is 0 Å². The normalized spacial score (nSPS) is 10.5.